The second kappa shape index (κ2) is 11.6. The molecule has 0 saturated heterocycles. The number of H-pyrrole nitrogens is 1. The van der Waals surface area contributed by atoms with E-state index in [4.69, 9.17) is 9.15 Å². The Bertz CT molecular complexity index is 1790. The molecule has 0 amide bonds. The second-order valence-electron chi connectivity index (χ2n) is 10.1. The summed E-state index contributed by atoms with van der Waals surface area (Å²) < 4.78 is 12.8. The molecule has 6 aromatic rings. The lowest BCUT2D eigenvalue weighted by molar-refractivity contribution is 0.179. The van der Waals surface area contributed by atoms with Gasteiger partial charge in [0.25, 0.3) is 5.56 Å². The summed E-state index contributed by atoms with van der Waals surface area (Å²) in [5.41, 5.74) is 4.31. The number of methoxy groups -OCH3 is 1. The van der Waals surface area contributed by atoms with Crippen LogP contribution in [0, 0.1) is 6.92 Å². The quantitative estimate of drug-likeness (QED) is 0.250. The minimum absolute atomic E-state index is 0.190. The molecule has 41 heavy (non-hydrogen) atoms. The predicted octanol–water partition coefficient (Wildman–Crippen LogP) is 5.26. The van der Waals surface area contributed by atoms with Crippen LogP contribution in [0.4, 0.5) is 0 Å². The molecule has 9 nitrogen and oxygen atoms in total. The number of aromatic nitrogens is 5. The number of nitrogens with zero attached hydrogens (tertiary/aromatic N) is 5. The van der Waals surface area contributed by atoms with E-state index in [-0.39, 0.29) is 5.56 Å². The largest absolute Gasteiger partial charge is 0.497 e. The minimum Gasteiger partial charge on any atom is -0.497 e. The van der Waals surface area contributed by atoms with E-state index in [1.54, 1.807) is 18.1 Å². The van der Waals surface area contributed by atoms with Crippen molar-refractivity contribution in [1.82, 2.24) is 30.1 Å². The van der Waals surface area contributed by atoms with Gasteiger partial charge in [-0.2, -0.15) is 0 Å². The highest BCUT2D eigenvalue weighted by Crippen LogP contribution is 2.30. The summed E-state index contributed by atoms with van der Waals surface area (Å²) in [5.74, 6) is 2.10. The smallest absolute Gasteiger partial charge is 0.253 e. The average Bonchev–Trinajstić information content (AvgIpc) is 3.67. The van der Waals surface area contributed by atoms with Crippen molar-refractivity contribution in [3.63, 3.8) is 0 Å². The van der Waals surface area contributed by atoms with Gasteiger partial charge in [0.1, 0.15) is 17.6 Å². The Morgan fingerprint density at radius 2 is 1.78 bits per heavy atom. The molecule has 0 fully saturated rings. The molecular weight excluding hydrogens is 516 g/mol. The van der Waals surface area contributed by atoms with Gasteiger partial charge in [-0.3, -0.25) is 9.69 Å². The number of aryl methyl sites for hydroxylation is 1. The highest BCUT2D eigenvalue weighted by molar-refractivity contribution is 5.79. The van der Waals surface area contributed by atoms with Crippen LogP contribution >= 0.6 is 0 Å². The Kier molecular flexibility index (Phi) is 7.42. The van der Waals surface area contributed by atoms with Gasteiger partial charge in [0.2, 0.25) is 0 Å². The lowest BCUT2D eigenvalue weighted by Gasteiger charge is -2.30. The van der Waals surface area contributed by atoms with Gasteiger partial charge in [-0.25, -0.2) is 4.68 Å². The molecule has 0 aliphatic heterocycles. The van der Waals surface area contributed by atoms with Crippen molar-refractivity contribution in [2.24, 2.45) is 0 Å². The van der Waals surface area contributed by atoms with E-state index in [2.05, 4.69) is 37.5 Å². The monoisotopic (exact) mass is 546 g/mol. The maximum Gasteiger partial charge on any atom is 0.253 e. The summed E-state index contributed by atoms with van der Waals surface area (Å²) in [5, 5.41) is 13.9. The van der Waals surface area contributed by atoms with Gasteiger partial charge in [0, 0.05) is 17.6 Å². The molecule has 3 aromatic heterocycles. The molecule has 1 N–H and O–H groups in total. The van der Waals surface area contributed by atoms with E-state index in [9.17, 15) is 4.79 Å². The summed E-state index contributed by atoms with van der Waals surface area (Å²) in [7, 11) is 1.64. The number of nitrogens with one attached hydrogen (secondary N) is 1. The van der Waals surface area contributed by atoms with E-state index in [1.165, 1.54) is 0 Å². The third kappa shape index (κ3) is 5.80. The first-order valence-corrected chi connectivity index (χ1v) is 13.4. The van der Waals surface area contributed by atoms with E-state index < -0.39 is 6.04 Å². The third-order valence-electron chi connectivity index (χ3n) is 7.15. The first-order chi connectivity index (χ1) is 20.1. The zero-order valence-electron chi connectivity index (χ0n) is 22.9. The summed E-state index contributed by atoms with van der Waals surface area (Å²) in [6.45, 7) is 3.40. The average molecular weight is 547 g/mol. The number of hydrogen-bond acceptors (Lipinski definition) is 7. The highest BCUT2D eigenvalue weighted by atomic mass is 16.5. The SMILES string of the molecule is COc1ccc(Cn2nnnc2C(c2cc3ccc(C)cc3[nH]c2=O)N(Cc2ccccc2)Cc2ccco2)cc1. The molecule has 9 heteroatoms. The molecule has 0 radical (unpaired) electrons. The van der Waals surface area contributed by atoms with Gasteiger partial charge in [-0.15, -0.1) is 5.10 Å². The van der Waals surface area contributed by atoms with Crippen molar-refractivity contribution in [3.8, 4) is 5.75 Å². The van der Waals surface area contributed by atoms with Crippen LogP contribution in [0.1, 0.15) is 39.9 Å². The molecule has 0 saturated carbocycles. The van der Waals surface area contributed by atoms with Crippen molar-refractivity contribution in [2.75, 3.05) is 7.11 Å². The number of fused-ring (bicyclic) bond motifs is 1. The van der Waals surface area contributed by atoms with E-state index >= 15 is 0 Å². The van der Waals surface area contributed by atoms with E-state index in [0.717, 1.165) is 39.1 Å². The summed E-state index contributed by atoms with van der Waals surface area (Å²) in [4.78, 5) is 19.1. The molecule has 0 aliphatic carbocycles. The van der Waals surface area contributed by atoms with Crippen molar-refractivity contribution < 1.29 is 9.15 Å². The van der Waals surface area contributed by atoms with Crippen molar-refractivity contribution >= 4 is 10.9 Å². The third-order valence-corrected chi connectivity index (χ3v) is 7.15. The van der Waals surface area contributed by atoms with Crippen LogP contribution in [0.15, 0.2) is 106 Å². The molecule has 3 heterocycles. The zero-order valence-corrected chi connectivity index (χ0v) is 22.9. The molecule has 1 atom stereocenters. The first-order valence-electron chi connectivity index (χ1n) is 13.4. The molecule has 0 bridgehead atoms. The van der Waals surface area contributed by atoms with Gasteiger partial charge in [0.05, 0.1) is 26.5 Å². The number of pyridine rings is 1. The summed E-state index contributed by atoms with van der Waals surface area (Å²) in [6, 6.07) is 29.1. The number of ether oxygens (including phenoxy) is 1. The summed E-state index contributed by atoms with van der Waals surface area (Å²) >= 11 is 0. The number of benzene rings is 3. The Morgan fingerprint density at radius 3 is 2.54 bits per heavy atom. The van der Waals surface area contributed by atoms with Gasteiger partial charge in [-0.1, -0.05) is 54.6 Å². The fourth-order valence-electron chi connectivity index (χ4n) is 5.12. The Hall–Kier alpha value is -5.02. The van der Waals surface area contributed by atoms with Crippen LogP contribution in [0.25, 0.3) is 10.9 Å². The fourth-order valence-corrected chi connectivity index (χ4v) is 5.12. The van der Waals surface area contributed by atoms with Crippen LogP contribution < -0.4 is 10.3 Å². The molecule has 0 aliphatic rings. The van der Waals surface area contributed by atoms with Gasteiger partial charge in [0.15, 0.2) is 5.82 Å². The fraction of sp³-hybridized carbons (Fsp3) is 0.188. The van der Waals surface area contributed by atoms with Crippen molar-refractivity contribution in [3.05, 3.63) is 141 Å². The van der Waals surface area contributed by atoms with Crippen LogP contribution in [0.2, 0.25) is 0 Å². The topological polar surface area (TPSA) is 102 Å². The minimum atomic E-state index is -0.581. The van der Waals surface area contributed by atoms with Crippen molar-refractivity contribution in [1.29, 1.82) is 0 Å². The van der Waals surface area contributed by atoms with E-state index in [0.29, 0.717) is 31.0 Å². The van der Waals surface area contributed by atoms with Crippen LogP contribution in [-0.4, -0.2) is 37.2 Å². The number of furan rings is 1. The zero-order chi connectivity index (χ0) is 28.2. The standard InChI is InChI=1S/C32H30N6O3/c1-22-10-13-25-18-28(32(39)33-29(25)17-22)30(31-34-35-36-38(31)20-24-11-14-26(40-2)15-12-24)37(21-27-9-6-16-41-27)19-23-7-4-3-5-8-23/h3-18,30H,19-21H2,1-2H3,(H,33,39). The molecule has 1 unspecified atom stereocenters. The van der Waals surface area contributed by atoms with E-state index in [1.807, 2.05) is 85.8 Å². The molecule has 6 rings (SSSR count). The summed E-state index contributed by atoms with van der Waals surface area (Å²) in [6.07, 6.45) is 1.66. The Labute approximate surface area is 237 Å². The number of rotatable bonds is 10. The number of hydrogen-bond donors (Lipinski definition) is 1. The second-order valence-corrected chi connectivity index (χ2v) is 10.1. The maximum absolute atomic E-state index is 13.8. The molecule has 206 valence electrons. The normalized spacial score (nSPS) is 12.2. The van der Waals surface area contributed by atoms with Gasteiger partial charge in [-0.05, 0) is 75.8 Å². The van der Waals surface area contributed by atoms with Crippen LogP contribution in [0.5, 0.6) is 5.75 Å². The number of tetrazole rings is 1. The Balaban J connectivity index is 1.50. The van der Waals surface area contributed by atoms with Crippen molar-refractivity contribution in [2.45, 2.75) is 32.6 Å². The van der Waals surface area contributed by atoms with Crippen LogP contribution in [-0.2, 0) is 19.6 Å². The lowest BCUT2D eigenvalue weighted by Crippen LogP contribution is -2.34. The number of aromatic amines is 1. The van der Waals surface area contributed by atoms with Gasteiger partial charge < -0.3 is 14.1 Å². The first kappa shape index (κ1) is 26.2. The predicted molar refractivity (Wildman–Crippen MR) is 155 cm³/mol. The van der Waals surface area contributed by atoms with Crippen LogP contribution in [0.3, 0.4) is 0 Å². The Morgan fingerprint density at radius 1 is 0.951 bits per heavy atom. The molecule has 3 aromatic carbocycles. The maximum atomic E-state index is 13.8. The molecular formula is C32H30N6O3. The highest BCUT2D eigenvalue weighted by Gasteiger charge is 2.31. The van der Waals surface area contributed by atoms with Gasteiger partial charge >= 0.3 is 0 Å². The lowest BCUT2D eigenvalue weighted by atomic mass is 10.0. The molecule has 0 spiro atoms.